The summed E-state index contributed by atoms with van der Waals surface area (Å²) in [6.45, 7) is 1.91. The van der Waals surface area contributed by atoms with Gasteiger partial charge in [0.25, 0.3) is 0 Å². The fourth-order valence-electron chi connectivity index (χ4n) is 3.60. The largest absolute Gasteiger partial charge is 0.342 e. The van der Waals surface area contributed by atoms with Crippen LogP contribution >= 0.6 is 0 Å². The molecule has 158 valence electrons. The molecule has 0 atom stereocenters. The Kier molecular flexibility index (Phi) is 7.06. The van der Waals surface area contributed by atoms with Crippen LogP contribution in [0.2, 0.25) is 0 Å². The molecule has 4 nitrogen and oxygen atoms in total. The van der Waals surface area contributed by atoms with Crippen molar-refractivity contribution in [1.29, 1.82) is 0 Å². The lowest BCUT2D eigenvalue weighted by molar-refractivity contribution is 0.426. The van der Waals surface area contributed by atoms with Gasteiger partial charge in [-0.2, -0.15) is 0 Å². The van der Waals surface area contributed by atoms with Crippen LogP contribution in [0.15, 0.2) is 94.9 Å². The van der Waals surface area contributed by atoms with E-state index >= 15 is 0 Å². The summed E-state index contributed by atoms with van der Waals surface area (Å²) in [4.78, 5) is 12.0. The van der Waals surface area contributed by atoms with Crippen LogP contribution in [0.4, 0.5) is 15.8 Å². The fraction of sp³-hybridized carbons (Fsp3) is 0.231. The number of aliphatic imine (C=N–C) groups is 2. The highest BCUT2D eigenvalue weighted by Gasteiger charge is 2.17. The molecule has 5 heteroatoms. The van der Waals surface area contributed by atoms with Crippen LogP contribution in [0.1, 0.15) is 31.2 Å². The molecular weight excluding hydrogens is 387 g/mol. The average Bonchev–Trinajstić information content (AvgIpc) is 3.10. The van der Waals surface area contributed by atoms with Gasteiger partial charge in [-0.15, -0.1) is 0 Å². The van der Waals surface area contributed by atoms with Crippen molar-refractivity contribution in [1.82, 2.24) is 10.2 Å². The van der Waals surface area contributed by atoms with Gasteiger partial charge >= 0.3 is 0 Å². The summed E-state index contributed by atoms with van der Waals surface area (Å²) < 4.78 is 13.4. The summed E-state index contributed by atoms with van der Waals surface area (Å²) in [7, 11) is 0. The molecule has 3 aromatic rings. The van der Waals surface area contributed by atoms with Gasteiger partial charge in [0.05, 0.1) is 11.4 Å². The fourth-order valence-corrected chi connectivity index (χ4v) is 3.60. The van der Waals surface area contributed by atoms with Gasteiger partial charge in [0.15, 0.2) is 0 Å². The van der Waals surface area contributed by atoms with Gasteiger partial charge < -0.3 is 10.2 Å². The molecule has 0 radical (unpaired) electrons. The molecular formula is C26H27FN4. The first-order valence-corrected chi connectivity index (χ1v) is 10.8. The van der Waals surface area contributed by atoms with E-state index in [0.717, 1.165) is 43.1 Å². The van der Waals surface area contributed by atoms with Crippen molar-refractivity contribution < 1.29 is 4.39 Å². The van der Waals surface area contributed by atoms with Gasteiger partial charge in [-0.3, -0.25) is 0 Å². The number of rotatable bonds is 3. The van der Waals surface area contributed by atoms with E-state index in [1.54, 1.807) is 12.1 Å². The maximum absolute atomic E-state index is 13.4. The first kappa shape index (κ1) is 20.8. The number of benzene rings is 3. The van der Waals surface area contributed by atoms with E-state index in [-0.39, 0.29) is 5.82 Å². The Balaban J connectivity index is 1.72. The number of likely N-dealkylation sites (tertiary alicyclic amines) is 1. The predicted molar refractivity (Wildman–Crippen MR) is 126 cm³/mol. The minimum absolute atomic E-state index is 0.274. The van der Waals surface area contributed by atoms with Crippen LogP contribution < -0.4 is 5.32 Å². The molecule has 0 aliphatic carbocycles. The highest BCUT2D eigenvalue weighted by Crippen LogP contribution is 2.17. The number of nitrogens with one attached hydrogen (secondary N) is 1. The lowest BCUT2D eigenvalue weighted by atomic mass is 10.2. The van der Waals surface area contributed by atoms with E-state index in [4.69, 9.17) is 9.98 Å². The molecule has 1 aliphatic rings. The van der Waals surface area contributed by atoms with Crippen LogP contribution in [0.25, 0.3) is 0 Å². The third-order valence-electron chi connectivity index (χ3n) is 5.24. The highest BCUT2D eigenvalue weighted by atomic mass is 19.1. The Morgan fingerprint density at radius 3 is 1.90 bits per heavy atom. The number of hydrogen-bond acceptors (Lipinski definition) is 2. The molecule has 31 heavy (non-hydrogen) atoms. The van der Waals surface area contributed by atoms with Crippen molar-refractivity contribution in [3.05, 3.63) is 96.3 Å². The summed E-state index contributed by atoms with van der Waals surface area (Å²) in [6, 6.07) is 26.1. The van der Waals surface area contributed by atoms with Crippen LogP contribution in [-0.4, -0.2) is 29.8 Å². The van der Waals surface area contributed by atoms with Gasteiger partial charge in [-0.25, -0.2) is 14.4 Å². The first-order valence-electron chi connectivity index (χ1n) is 10.8. The molecule has 1 N–H and O–H groups in total. The minimum Gasteiger partial charge on any atom is -0.342 e. The van der Waals surface area contributed by atoms with E-state index in [1.165, 1.54) is 25.0 Å². The Hall–Kier alpha value is -3.47. The molecule has 0 saturated carbocycles. The predicted octanol–water partition coefficient (Wildman–Crippen LogP) is 6.06. The Morgan fingerprint density at radius 2 is 1.26 bits per heavy atom. The van der Waals surface area contributed by atoms with Crippen molar-refractivity contribution >= 4 is 23.2 Å². The van der Waals surface area contributed by atoms with Crippen LogP contribution in [0.3, 0.4) is 0 Å². The Bertz CT molecular complexity index is 1010. The number of nitrogens with zero attached hydrogens (tertiary/aromatic N) is 3. The summed E-state index contributed by atoms with van der Waals surface area (Å²) >= 11 is 0. The number of halogens is 1. The number of hydrogen-bond donors (Lipinski definition) is 1. The zero-order valence-corrected chi connectivity index (χ0v) is 17.5. The van der Waals surface area contributed by atoms with Crippen LogP contribution in [0, 0.1) is 5.82 Å². The first-order chi connectivity index (χ1) is 15.3. The van der Waals surface area contributed by atoms with Gasteiger partial charge in [0.1, 0.15) is 11.7 Å². The van der Waals surface area contributed by atoms with Crippen LogP contribution in [-0.2, 0) is 0 Å². The normalized spacial score (nSPS) is 15.5. The molecule has 0 spiro atoms. The topological polar surface area (TPSA) is 40.0 Å². The lowest BCUT2D eigenvalue weighted by Gasteiger charge is -2.26. The third-order valence-corrected chi connectivity index (χ3v) is 5.24. The highest BCUT2D eigenvalue weighted by molar-refractivity contribution is 6.10. The number of amidine groups is 1. The van der Waals surface area contributed by atoms with Crippen molar-refractivity contribution in [2.45, 2.75) is 25.7 Å². The quantitative estimate of drug-likeness (QED) is 0.418. The van der Waals surface area contributed by atoms with E-state index in [1.807, 2.05) is 60.7 Å². The lowest BCUT2D eigenvalue weighted by Crippen LogP contribution is -2.44. The van der Waals surface area contributed by atoms with Crippen molar-refractivity contribution in [3.63, 3.8) is 0 Å². The van der Waals surface area contributed by atoms with Crippen molar-refractivity contribution in [2.24, 2.45) is 9.98 Å². The second kappa shape index (κ2) is 10.5. The molecule has 1 heterocycles. The molecule has 0 bridgehead atoms. The molecule has 0 amide bonds. The van der Waals surface area contributed by atoms with Gasteiger partial charge in [-0.1, -0.05) is 61.4 Å². The smallest absolute Gasteiger partial charge is 0.204 e. The maximum atomic E-state index is 13.4. The van der Waals surface area contributed by atoms with Crippen LogP contribution in [0.5, 0.6) is 0 Å². The van der Waals surface area contributed by atoms with E-state index < -0.39 is 0 Å². The summed E-state index contributed by atoms with van der Waals surface area (Å²) in [5, 5.41) is 3.51. The Morgan fingerprint density at radius 1 is 0.677 bits per heavy atom. The molecule has 1 fully saturated rings. The second-order valence-electron chi connectivity index (χ2n) is 7.60. The summed E-state index contributed by atoms with van der Waals surface area (Å²) in [5.74, 6) is 1.20. The SMILES string of the molecule is Fc1ccc(/N=C(/N/C(=N\c2ccccc2)N2CCCCCC2)c2ccccc2)cc1. The molecule has 0 unspecified atom stereocenters. The van der Waals surface area contributed by atoms with Gasteiger partial charge in [-0.05, 0) is 49.2 Å². The zero-order valence-electron chi connectivity index (χ0n) is 17.5. The Labute approximate surface area is 183 Å². The maximum Gasteiger partial charge on any atom is 0.204 e. The van der Waals surface area contributed by atoms with E-state index in [2.05, 4.69) is 10.2 Å². The average molecular weight is 415 g/mol. The molecule has 1 aliphatic heterocycles. The molecule has 1 saturated heterocycles. The van der Waals surface area contributed by atoms with Crippen molar-refractivity contribution in [2.75, 3.05) is 13.1 Å². The van der Waals surface area contributed by atoms with Crippen molar-refractivity contribution in [3.8, 4) is 0 Å². The number of para-hydroxylation sites is 1. The molecule has 3 aromatic carbocycles. The van der Waals surface area contributed by atoms with Gasteiger partial charge in [0.2, 0.25) is 5.96 Å². The third kappa shape index (κ3) is 6.01. The summed E-state index contributed by atoms with van der Waals surface area (Å²) in [5.41, 5.74) is 2.52. The molecule has 4 rings (SSSR count). The monoisotopic (exact) mass is 414 g/mol. The minimum atomic E-state index is -0.274. The van der Waals surface area contributed by atoms with E-state index in [0.29, 0.717) is 11.5 Å². The number of guanidine groups is 1. The molecule has 0 aromatic heterocycles. The summed E-state index contributed by atoms with van der Waals surface area (Å²) in [6.07, 6.45) is 4.77. The van der Waals surface area contributed by atoms with E-state index in [9.17, 15) is 4.39 Å². The standard InChI is InChI=1S/C26H27FN4/c27-22-15-17-24(18-16-22)28-25(21-11-5-3-6-12-21)30-26(29-23-13-7-4-8-14-23)31-19-9-1-2-10-20-31/h3-8,11-18H,1-2,9-10,19-20H2,(H,28,29,30). The van der Waals surface area contributed by atoms with Gasteiger partial charge in [0, 0.05) is 18.7 Å². The second-order valence-corrected chi connectivity index (χ2v) is 7.60. The zero-order chi connectivity index (χ0) is 21.3.